The van der Waals surface area contributed by atoms with Gasteiger partial charge in [-0.05, 0) is 36.2 Å². The Bertz CT molecular complexity index is 806. The third-order valence-corrected chi connectivity index (χ3v) is 3.42. The van der Waals surface area contributed by atoms with Gasteiger partial charge in [-0.2, -0.15) is 0 Å². The zero-order valence-electron chi connectivity index (χ0n) is 12.5. The monoisotopic (exact) mass is 291 g/mol. The van der Waals surface area contributed by atoms with Gasteiger partial charge in [0.25, 0.3) is 0 Å². The SMILES string of the molecule is C=CCc1ccc(Oc2cccc3cccnc23)c(OC)c1. The third kappa shape index (κ3) is 2.79. The topological polar surface area (TPSA) is 31.4 Å². The molecule has 0 unspecified atom stereocenters. The van der Waals surface area contributed by atoms with Crippen LogP contribution in [-0.2, 0) is 6.42 Å². The van der Waals surface area contributed by atoms with E-state index in [1.807, 2.05) is 54.6 Å². The lowest BCUT2D eigenvalue weighted by atomic mass is 10.1. The molecule has 0 aliphatic carbocycles. The van der Waals surface area contributed by atoms with Gasteiger partial charge in [-0.25, -0.2) is 0 Å². The molecule has 22 heavy (non-hydrogen) atoms. The van der Waals surface area contributed by atoms with E-state index in [-0.39, 0.29) is 0 Å². The summed E-state index contributed by atoms with van der Waals surface area (Å²) in [5.41, 5.74) is 1.97. The van der Waals surface area contributed by atoms with Gasteiger partial charge >= 0.3 is 0 Å². The van der Waals surface area contributed by atoms with Crippen LogP contribution in [0.5, 0.6) is 17.2 Å². The van der Waals surface area contributed by atoms with E-state index >= 15 is 0 Å². The van der Waals surface area contributed by atoms with E-state index in [2.05, 4.69) is 11.6 Å². The van der Waals surface area contributed by atoms with Crippen molar-refractivity contribution in [1.29, 1.82) is 0 Å². The number of aromatic nitrogens is 1. The molecule has 2 aromatic carbocycles. The van der Waals surface area contributed by atoms with Crippen LogP contribution in [-0.4, -0.2) is 12.1 Å². The van der Waals surface area contributed by atoms with Gasteiger partial charge in [-0.3, -0.25) is 4.98 Å². The molecule has 0 N–H and O–H groups in total. The predicted molar refractivity (Wildman–Crippen MR) is 88.7 cm³/mol. The summed E-state index contributed by atoms with van der Waals surface area (Å²) in [4.78, 5) is 4.40. The number of pyridine rings is 1. The van der Waals surface area contributed by atoms with E-state index < -0.39 is 0 Å². The Hall–Kier alpha value is -2.81. The number of nitrogens with zero attached hydrogens (tertiary/aromatic N) is 1. The second kappa shape index (κ2) is 6.31. The highest BCUT2D eigenvalue weighted by molar-refractivity contribution is 5.84. The Morgan fingerprint density at radius 3 is 2.73 bits per heavy atom. The molecule has 3 nitrogen and oxygen atoms in total. The van der Waals surface area contributed by atoms with Crippen molar-refractivity contribution < 1.29 is 9.47 Å². The first kappa shape index (κ1) is 14.1. The number of hydrogen-bond acceptors (Lipinski definition) is 3. The first-order chi connectivity index (χ1) is 10.8. The maximum absolute atomic E-state index is 6.03. The highest BCUT2D eigenvalue weighted by Crippen LogP contribution is 2.35. The molecule has 3 heteroatoms. The molecule has 0 fully saturated rings. The first-order valence-corrected chi connectivity index (χ1v) is 7.11. The molecule has 3 rings (SSSR count). The Morgan fingerprint density at radius 2 is 1.91 bits per heavy atom. The van der Waals surface area contributed by atoms with Gasteiger partial charge in [0.2, 0.25) is 0 Å². The lowest BCUT2D eigenvalue weighted by Gasteiger charge is -2.12. The molecule has 0 saturated heterocycles. The van der Waals surface area contributed by atoms with E-state index in [1.54, 1.807) is 13.3 Å². The van der Waals surface area contributed by atoms with Gasteiger partial charge in [0.15, 0.2) is 17.2 Å². The smallest absolute Gasteiger partial charge is 0.169 e. The van der Waals surface area contributed by atoms with Crippen molar-refractivity contribution in [2.24, 2.45) is 0 Å². The molecule has 0 spiro atoms. The molecule has 0 saturated carbocycles. The minimum atomic E-state index is 0.675. The second-order valence-electron chi connectivity index (χ2n) is 4.91. The molecule has 1 heterocycles. The summed E-state index contributed by atoms with van der Waals surface area (Å²) in [7, 11) is 1.64. The summed E-state index contributed by atoms with van der Waals surface area (Å²) in [6.07, 6.45) is 4.43. The predicted octanol–water partition coefficient (Wildman–Crippen LogP) is 4.76. The van der Waals surface area contributed by atoms with E-state index in [1.165, 1.54) is 0 Å². The van der Waals surface area contributed by atoms with Crippen LogP contribution in [0.2, 0.25) is 0 Å². The van der Waals surface area contributed by atoms with Crippen LogP contribution in [0.25, 0.3) is 10.9 Å². The molecule has 3 aromatic rings. The van der Waals surface area contributed by atoms with E-state index in [0.29, 0.717) is 17.2 Å². The van der Waals surface area contributed by atoms with Gasteiger partial charge in [-0.1, -0.05) is 30.3 Å². The summed E-state index contributed by atoms with van der Waals surface area (Å²) < 4.78 is 11.5. The van der Waals surface area contributed by atoms with Crippen LogP contribution < -0.4 is 9.47 Å². The van der Waals surface area contributed by atoms with Gasteiger partial charge in [0.1, 0.15) is 5.52 Å². The number of ether oxygens (including phenoxy) is 2. The number of methoxy groups -OCH3 is 1. The van der Waals surface area contributed by atoms with Crippen molar-refractivity contribution in [2.45, 2.75) is 6.42 Å². The quantitative estimate of drug-likeness (QED) is 0.635. The molecule has 0 aliphatic rings. The van der Waals surface area contributed by atoms with Gasteiger partial charge < -0.3 is 9.47 Å². The molecule has 110 valence electrons. The van der Waals surface area contributed by atoms with Gasteiger partial charge in [0, 0.05) is 11.6 Å². The summed E-state index contributed by atoms with van der Waals surface area (Å²) in [6.45, 7) is 3.76. The minimum absolute atomic E-state index is 0.675. The van der Waals surface area contributed by atoms with Crippen molar-refractivity contribution in [3.05, 3.63) is 72.9 Å². The Labute approximate surface area is 129 Å². The maximum Gasteiger partial charge on any atom is 0.169 e. The Balaban J connectivity index is 1.99. The molecular weight excluding hydrogens is 274 g/mol. The average molecular weight is 291 g/mol. The van der Waals surface area contributed by atoms with Crippen LogP contribution in [0.15, 0.2) is 67.4 Å². The molecule has 1 aromatic heterocycles. The fraction of sp³-hybridized carbons (Fsp3) is 0.105. The molecule has 0 aliphatic heterocycles. The second-order valence-corrected chi connectivity index (χ2v) is 4.91. The Kier molecular flexibility index (Phi) is 4.05. The number of rotatable bonds is 5. The number of hydrogen-bond donors (Lipinski definition) is 0. The van der Waals surface area contributed by atoms with Crippen LogP contribution in [0.3, 0.4) is 0 Å². The van der Waals surface area contributed by atoms with E-state index in [4.69, 9.17) is 9.47 Å². The van der Waals surface area contributed by atoms with Gasteiger partial charge in [0.05, 0.1) is 7.11 Å². The number of fused-ring (bicyclic) bond motifs is 1. The first-order valence-electron chi connectivity index (χ1n) is 7.11. The van der Waals surface area contributed by atoms with Crippen LogP contribution in [0.1, 0.15) is 5.56 Å². The number of benzene rings is 2. The zero-order valence-corrected chi connectivity index (χ0v) is 12.5. The number of allylic oxidation sites excluding steroid dienone is 1. The number of para-hydroxylation sites is 1. The fourth-order valence-electron chi connectivity index (χ4n) is 2.37. The Morgan fingerprint density at radius 1 is 1.05 bits per heavy atom. The summed E-state index contributed by atoms with van der Waals surface area (Å²) in [5.74, 6) is 2.09. The molecule has 0 radical (unpaired) electrons. The van der Waals surface area contributed by atoms with Crippen LogP contribution in [0, 0.1) is 0 Å². The molecular formula is C19H17NO2. The third-order valence-electron chi connectivity index (χ3n) is 3.42. The van der Waals surface area contributed by atoms with Crippen molar-refractivity contribution in [1.82, 2.24) is 4.98 Å². The maximum atomic E-state index is 6.03. The van der Waals surface area contributed by atoms with Crippen molar-refractivity contribution in [3.63, 3.8) is 0 Å². The van der Waals surface area contributed by atoms with E-state index in [0.717, 1.165) is 22.9 Å². The van der Waals surface area contributed by atoms with Crippen LogP contribution in [0.4, 0.5) is 0 Å². The fourth-order valence-corrected chi connectivity index (χ4v) is 2.37. The normalized spacial score (nSPS) is 10.4. The lowest BCUT2D eigenvalue weighted by Crippen LogP contribution is -1.93. The highest BCUT2D eigenvalue weighted by atomic mass is 16.5. The average Bonchev–Trinajstić information content (AvgIpc) is 2.57. The summed E-state index contributed by atoms with van der Waals surface area (Å²) in [5, 5.41) is 1.04. The summed E-state index contributed by atoms with van der Waals surface area (Å²) in [6, 6.07) is 15.7. The van der Waals surface area contributed by atoms with Gasteiger partial charge in [-0.15, -0.1) is 6.58 Å². The van der Waals surface area contributed by atoms with Crippen LogP contribution >= 0.6 is 0 Å². The van der Waals surface area contributed by atoms with E-state index in [9.17, 15) is 0 Å². The highest BCUT2D eigenvalue weighted by Gasteiger charge is 2.09. The van der Waals surface area contributed by atoms with Crippen molar-refractivity contribution in [3.8, 4) is 17.2 Å². The lowest BCUT2D eigenvalue weighted by molar-refractivity contribution is 0.379. The molecule has 0 bridgehead atoms. The largest absolute Gasteiger partial charge is 0.493 e. The summed E-state index contributed by atoms with van der Waals surface area (Å²) >= 11 is 0. The molecule has 0 atom stereocenters. The van der Waals surface area contributed by atoms with Crippen molar-refractivity contribution >= 4 is 10.9 Å². The molecule has 0 amide bonds. The van der Waals surface area contributed by atoms with Crippen molar-refractivity contribution in [2.75, 3.05) is 7.11 Å². The standard InChI is InChI=1S/C19H17NO2/c1-3-6-14-10-11-16(18(13-14)21-2)22-17-9-4-7-15-8-5-12-20-19(15)17/h3-5,7-13H,1,6H2,2H3. The minimum Gasteiger partial charge on any atom is -0.493 e. The zero-order chi connectivity index (χ0) is 15.4.